The fraction of sp³-hybridized carbons (Fsp3) is 0.333. The molecule has 86 valence electrons. The number of rotatable bonds is 2. The second-order valence-electron chi connectivity index (χ2n) is 4.82. The summed E-state index contributed by atoms with van der Waals surface area (Å²) in [6.07, 6.45) is 3.29. The van der Waals surface area contributed by atoms with Crippen LogP contribution in [0.5, 0.6) is 0 Å². The van der Waals surface area contributed by atoms with Crippen LogP contribution < -0.4 is 0 Å². The molecular weight excluding hydrogens is 210 g/mol. The fourth-order valence-electron chi connectivity index (χ4n) is 2.40. The summed E-state index contributed by atoms with van der Waals surface area (Å²) < 4.78 is 0. The summed E-state index contributed by atoms with van der Waals surface area (Å²) in [5.41, 5.74) is 2.71. The Kier molecular flexibility index (Phi) is 2.43. The Hall–Kier alpha value is -1.70. The second-order valence-corrected chi connectivity index (χ2v) is 4.82. The lowest BCUT2D eigenvalue weighted by molar-refractivity contribution is 0.0857. The average Bonchev–Trinajstić information content (AvgIpc) is 2.25. The number of carbonyl (C=O) groups is 1. The van der Waals surface area contributed by atoms with Crippen LogP contribution in [0.25, 0.3) is 10.9 Å². The van der Waals surface area contributed by atoms with E-state index in [1.165, 1.54) is 6.42 Å². The zero-order valence-corrected chi connectivity index (χ0v) is 9.94. The number of nitrogens with zero attached hydrogens (tertiary/aromatic N) is 1. The highest BCUT2D eigenvalue weighted by Gasteiger charge is 2.27. The van der Waals surface area contributed by atoms with E-state index in [4.69, 9.17) is 0 Å². The Labute approximate surface area is 101 Å². The first-order valence-electron chi connectivity index (χ1n) is 6.16. The molecule has 0 atom stereocenters. The summed E-state index contributed by atoms with van der Waals surface area (Å²) in [7, 11) is 0. The van der Waals surface area contributed by atoms with E-state index in [2.05, 4.69) is 4.98 Å². The molecule has 0 aliphatic heterocycles. The molecule has 0 radical (unpaired) electrons. The van der Waals surface area contributed by atoms with E-state index >= 15 is 0 Å². The van der Waals surface area contributed by atoms with Gasteiger partial charge in [0.15, 0.2) is 5.78 Å². The maximum Gasteiger partial charge on any atom is 0.166 e. The molecule has 2 nitrogen and oxygen atoms in total. The number of ketones is 1. The Bertz CT molecular complexity index is 584. The lowest BCUT2D eigenvalue weighted by Gasteiger charge is -2.24. The van der Waals surface area contributed by atoms with Gasteiger partial charge in [0.2, 0.25) is 0 Å². The lowest BCUT2D eigenvalue weighted by Crippen LogP contribution is -2.22. The van der Waals surface area contributed by atoms with Crippen molar-refractivity contribution >= 4 is 16.7 Å². The highest BCUT2D eigenvalue weighted by Crippen LogP contribution is 2.32. The quantitative estimate of drug-likeness (QED) is 0.732. The topological polar surface area (TPSA) is 30.0 Å². The number of hydrogen-bond donors (Lipinski definition) is 0. The molecule has 2 heteroatoms. The van der Waals surface area contributed by atoms with Gasteiger partial charge in [-0.15, -0.1) is 0 Å². The van der Waals surface area contributed by atoms with Crippen molar-refractivity contribution in [1.82, 2.24) is 4.98 Å². The highest BCUT2D eigenvalue weighted by atomic mass is 16.1. The molecule has 1 heterocycles. The van der Waals surface area contributed by atoms with Gasteiger partial charge < -0.3 is 0 Å². The standard InChI is InChI=1S/C15H15NO/c1-10-9-13(15(17)11-5-4-6-11)12-7-2-3-8-14(12)16-10/h2-3,7-9,11H,4-6H2,1H3. The normalized spacial score (nSPS) is 15.8. The first-order chi connectivity index (χ1) is 8.25. The molecule has 0 saturated heterocycles. The molecule has 1 fully saturated rings. The van der Waals surface area contributed by atoms with E-state index in [9.17, 15) is 4.79 Å². The zero-order chi connectivity index (χ0) is 11.8. The van der Waals surface area contributed by atoms with Crippen molar-refractivity contribution in [1.29, 1.82) is 0 Å². The van der Waals surface area contributed by atoms with E-state index in [1.807, 2.05) is 37.3 Å². The number of Topliss-reactive ketones (excluding diaryl/α,β-unsaturated/α-hetero) is 1. The number of aromatic nitrogens is 1. The van der Waals surface area contributed by atoms with Gasteiger partial charge in [0.05, 0.1) is 5.52 Å². The molecule has 17 heavy (non-hydrogen) atoms. The van der Waals surface area contributed by atoms with Crippen molar-refractivity contribution < 1.29 is 4.79 Å². The van der Waals surface area contributed by atoms with Crippen LogP contribution in [0.3, 0.4) is 0 Å². The van der Waals surface area contributed by atoms with Gasteiger partial charge in [0.1, 0.15) is 0 Å². The summed E-state index contributed by atoms with van der Waals surface area (Å²) in [4.78, 5) is 16.8. The minimum atomic E-state index is 0.250. The third-order valence-electron chi connectivity index (χ3n) is 3.59. The third-order valence-corrected chi connectivity index (χ3v) is 3.59. The fourth-order valence-corrected chi connectivity index (χ4v) is 2.40. The molecule has 1 aromatic carbocycles. The number of carbonyl (C=O) groups excluding carboxylic acids is 1. The van der Waals surface area contributed by atoms with Gasteiger partial charge in [-0.05, 0) is 31.9 Å². The first kappa shape index (κ1) is 10.5. The van der Waals surface area contributed by atoms with Gasteiger partial charge in [-0.2, -0.15) is 0 Å². The van der Waals surface area contributed by atoms with Crippen LogP contribution in [-0.2, 0) is 0 Å². The molecule has 0 bridgehead atoms. The monoisotopic (exact) mass is 225 g/mol. The summed E-state index contributed by atoms with van der Waals surface area (Å²) in [6, 6.07) is 9.83. The minimum absolute atomic E-state index is 0.250. The van der Waals surface area contributed by atoms with Crippen LogP contribution in [0.4, 0.5) is 0 Å². The van der Waals surface area contributed by atoms with Crippen LogP contribution >= 0.6 is 0 Å². The van der Waals surface area contributed by atoms with E-state index in [-0.39, 0.29) is 5.92 Å². The molecule has 1 saturated carbocycles. The molecule has 0 amide bonds. The molecule has 1 aliphatic carbocycles. The lowest BCUT2D eigenvalue weighted by atomic mass is 9.79. The van der Waals surface area contributed by atoms with Crippen molar-refractivity contribution in [2.24, 2.45) is 5.92 Å². The molecule has 0 unspecified atom stereocenters. The molecular formula is C15H15NO. The summed E-state index contributed by atoms with van der Waals surface area (Å²) >= 11 is 0. The molecule has 0 spiro atoms. The van der Waals surface area contributed by atoms with Crippen LogP contribution in [0.2, 0.25) is 0 Å². The maximum atomic E-state index is 12.4. The summed E-state index contributed by atoms with van der Waals surface area (Å²) in [5, 5.41) is 0.995. The van der Waals surface area contributed by atoms with Crippen LogP contribution in [0.15, 0.2) is 30.3 Å². The number of para-hydroxylation sites is 1. The molecule has 1 aliphatic rings. The Morgan fingerprint density at radius 2 is 2.06 bits per heavy atom. The van der Waals surface area contributed by atoms with Gasteiger partial charge in [0, 0.05) is 22.6 Å². The Morgan fingerprint density at radius 1 is 1.29 bits per heavy atom. The van der Waals surface area contributed by atoms with Crippen molar-refractivity contribution in [3.05, 3.63) is 41.6 Å². The van der Waals surface area contributed by atoms with Crippen LogP contribution in [0.1, 0.15) is 35.3 Å². The van der Waals surface area contributed by atoms with Crippen LogP contribution in [-0.4, -0.2) is 10.8 Å². The van der Waals surface area contributed by atoms with Crippen LogP contribution in [0, 0.1) is 12.8 Å². The summed E-state index contributed by atoms with van der Waals surface area (Å²) in [5.74, 6) is 0.554. The van der Waals surface area contributed by atoms with E-state index in [0.29, 0.717) is 5.78 Å². The first-order valence-corrected chi connectivity index (χ1v) is 6.16. The molecule has 1 aromatic heterocycles. The smallest absolute Gasteiger partial charge is 0.166 e. The number of hydrogen-bond acceptors (Lipinski definition) is 2. The van der Waals surface area contributed by atoms with Gasteiger partial charge in [-0.25, -0.2) is 0 Å². The van der Waals surface area contributed by atoms with Gasteiger partial charge in [0.25, 0.3) is 0 Å². The van der Waals surface area contributed by atoms with Gasteiger partial charge >= 0.3 is 0 Å². The largest absolute Gasteiger partial charge is 0.294 e. The molecule has 2 aromatic rings. The maximum absolute atomic E-state index is 12.4. The third kappa shape index (κ3) is 1.74. The number of aryl methyl sites for hydroxylation is 1. The number of pyridine rings is 1. The molecule has 3 rings (SSSR count). The highest BCUT2D eigenvalue weighted by molar-refractivity contribution is 6.08. The van der Waals surface area contributed by atoms with Crippen molar-refractivity contribution in [3.8, 4) is 0 Å². The van der Waals surface area contributed by atoms with Gasteiger partial charge in [-0.3, -0.25) is 9.78 Å². The second kappa shape index (κ2) is 3.95. The van der Waals surface area contributed by atoms with Gasteiger partial charge in [-0.1, -0.05) is 24.6 Å². The van der Waals surface area contributed by atoms with Crippen molar-refractivity contribution in [2.45, 2.75) is 26.2 Å². The number of fused-ring (bicyclic) bond motifs is 1. The van der Waals surface area contributed by atoms with Crippen molar-refractivity contribution in [3.63, 3.8) is 0 Å². The predicted octanol–water partition coefficient (Wildman–Crippen LogP) is 3.53. The average molecular weight is 225 g/mol. The number of benzene rings is 1. The van der Waals surface area contributed by atoms with E-state index < -0.39 is 0 Å². The Balaban J connectivity index is 2.16. The molecule has 0 N–H and O–H groups in total. The van der Waals surface area contributed by atoms with Crippen molar-refractivity contribution in [2.75, 3.05) is 0 Å². The predicted molar refractivity (Wildman–Crippen MR) is 68.2 cm³/mol. The minimum Gasteiger partial charge on any atom is -0.294 e. The van der Waals surface area contributed by atoms with E-state index in [0.717, 1.165) is 35.0 Å². The van der Waals surface area contributed by atoms with E-state index in [1.54, 1.807) is 0 Å². The summed E-state index contributed by atoms with van der Waals surface area (Å²) in [6.45, 7) is 1.95. The zero-order valence-electron chi connectivity index (χ0n) is 9.94. The Morgan fingerprint density at radius 3 is 2.76 bits per heavy atom. The SMILES string of the molecule is Cc1cc(C(=O)C2CCC2)c2ccccc2n1.